The fourth-order valence-corrected chi connectivity index (χ4v) is 3.86. The molecule has 1 N–H and O–H groups in total. The third kappa shape index (κ3) is 4.17. The summed E-state index contributed by atoms with van der Waals surface area (Å²) in [7, 11) is 0. The summed E-state index contributed by atoms with van der Waals surface area (Å²) in [6.45, 7) is 2.74. The highest BCUT2D eigenvalue weighted by atomic mass is 32.2. The maximum Gasteiger partial charge on any atom is 0.234 e. The maximum absolute atomic E-state index is 12.4. The van der Waals surface area contributed by atoms with Gasteiger partial charge >= 0.3 is 0 Å². The molecule has 2 aromatic heterocycles. The zero-order chi connectivity index (χ0) is 21.9. The van der Waals surface area contributed by atoms with E-state index < -0.39 is 0 Å². The van der Waals surface area contributed by atoms with Gasteiger partial charge in [-0.3, -0.25) is 4.79 Å². The van der Waals surface area contributed by atoms with Gasteiger partial charge in [0.15, 0.2) is 23.0 Å². The normalized spacial score (nSPS) is 12.2. The quantitative estimate of drug-likeness (QED) is 0.427. The van der Waals surface area contributed by atoms with Crippen LogP contribution >= 0.6 is 11.8 Å². The Balaban J connectivity index is 1.27. The average Bonchev–Trinajstić information content (AvgIpc) is 3.45. The molecule has 0 bridgehead atoms. The number of fused-ring (bicyclic) bond motifs is 2. The first-order valence-electron chi connectivity index (χ1n) is 9.97. The number of hydrogen-bond acceptors (Lipinski definition) is 8. The monoisotopic (exact) mass is 449 g/mol. The number of nitrogens with one attached hydrogen (secondary N) is 1. The Hall–Kier alpha value is -3.79. The highest BCUT2D eigenvalue weighted by Gasteiger charge is 2.15. The van der Waals surface area contributed by atoms with Crippen LogP contribution < -0.4 is 19.5 Å². The van der Waals surface area contributed by atoms with Gasteiger partial charge in [-0.25, -0.2) is 0 Å². The molecule has 1 aliphatic rings. The predicted molar refractivity (Wildman–Crippen MR) is 119 cm³/mol. The van der Waals surface area contributed by atoms with Gasteiger partial charge < -0.3 is 19.5 Å². The second-order valence-electron chi connectivity index (χ2n) is 6.83. The molecule has 0 spiro atoms. The summed E-state index contributed by atoms with van der Waals surface area (Å²) >= 11 is 1.33. The van der Waals surface area contributed by atoms with Gasteiger partial charge in [0.1, 0.15) is 10.8 Å². The van der Waals surface area contributed by atoms with Crippen LogP contribution in [-0.2, 0) is 4.79 Å². The molecule has 0 unspecified atom stereocenters. The van der Waals surface area contributed by atoms with Crippen LogP contribution in [0.1, 0.15) is 6.92 Å². The second kappa shape index (κ2) is 8.75. The molecule has 3 heterocycles. The van der Waals surface area contributed by atoms with E-state index in [1.807, 2.05) is 43.3 Å². The minimum absolute atomic E-state index is 0.147. The molecule has 1 aliphatic heterocycles. The molecule has 5 rings (SSSR count). The molecule has 9 nitrogen and oxygen atoms in total. The maximum atomic E-state index is 12.4. The first-order chi connectivity index (χ1) is 15.7. The number of hydrogen-bond donors (Lipinski definition) is 1. The van der Waals surface area contributed by atoms with Gasteiger partial charge in [0.05, 0.1) is 12.4 Å². The van der Waals surface area contributed by atoms with Crippen molar-refractivity contribution in [1.29, 1.82) is 0 Å². The Morgan fingerprint density at radius 2 is 1.94 bits per heavy atom. The van der Waals surface area contributed by atoms with Crippen LogP contribution in [-0.4, -0.2) is 44.9 Å². The molecule has 1 amide bonds. The Morgan fingerprint density at radius 1 is 1.09 bits per heavy atom. The third-order valence-corrected chi connectivity index (χ3v) is 5.59. The van der Waals surface area contributed by atoms with E-state index in [1.54, 1.807) is 22.7 Å². The topological polar surface area (TPSA) is 99.9 Å². The lowest BCUT2D eigenvalue weighted by molar-refractivity contribution is -0.113. The molecule has 4 aromatic rings. The standard InChI is InChI=1S/C22H19N5O4S/c1-2-29-16-6-3-14(4-7-16)22-25-24-19-9-10-21(26-27(19)22)32-12-20(28)23-15-5-8-17-18(11-15)31-13-30-17/h3-11H,2,12-13H2,1H3,(H,23,28). The lowest BCUT2D eigenvalue weighted by Gasteiger charge is -2.07. The minimum atomic E-state index is -0.147. The van der Waals surface area contributed by atoms with Crippen LogP contribution in [0.25, 0.3) is 17.0 Å². The SMILES string of the molecule is CCOc1ccc(-c2nnc3ccc(SCC(=O)Nc4ccc5c(c4)OCO5)nn23)cc1. The minimum Gasteiger partial charge on any atom is -0.494 e. The van der Waals surface area contributed by atoms with Gasteiger partial charge in [0.25, 0.3) is 0 Å². The molecule has 10 heteroatoms. The van der Waals surface area contributed by atoms with Crippen LogP contribution in [0.2, 0.25) is 0 Å². The highest BCUT2D eigenvalue weighted by Crippen LogP contribution is 2.34. The number of benzene rings is 2. The third-order valence-electron chi connectivity index (χ3n) is 4.67. The number of aromatic nitrogens is 4. The Morgan fingerprint density at radius 3 is 2.78 bits per heavy atom. The van der Waals surface area contributed by atoms with E-state index in [4.69, 9.17) is 14.2 Å². The van der Waals surface area contributed by atoms with E-state index in [9.17, 15) is 4.79 Å². The van der Waals surface area contributed by atoms with E-state index in [0.717, 1.165) is 11.3 Å². The van der Waals surface area contributed by atoms with Crippen molar-refractivity contribution in [3.63, 3.8) is 0 Å². The van der Waals surface area contributed by atoms with Gasteiger partial charge in [0, 0.05) is 17.3 Å². The Bertz CT molecular complexity index is 1280. The van der Waals surface area contributed by atoms with E-state index in [1.165, 1.54) is 11.8 Å². The van der Waals surface area contributed by atoms with Gasteiger partial charge in [0.2, 0.25) is 12.7 Å². The average molecular weight is 449 g/mol. The molecule has 0 atom stereocenters. The van der Waals surface area contributed by atoms with Crippen molar-refractivity contribution >= 4 is 29.0 Å². The molecule has 32 heavy (non-hydrogen) atoms. The molecule has 0 radical (unpaired) electrons. The molecule has 0 saturated heterocycles. The zero-order valence-corrected chi connectivity index (χ0v) is 18.0. The number of nitrogens with zero attached hydrogens (tertiary/aromatic N) is 4. The molecular formula is C22H19N5O4S. The zero-order valence-electron chi connectivity index (χ0n) is 17.1. The Labute approximate surface area is 187 Å². The lowest BCUT2D eigenvalue weighted by Crippen LogP contribution is -2.14. The van der Waals surface area contributed by atoms with E-state index in [-0.39, 0.29) is 18.5 Å². The number of ether oxygens (including phenoxy) is 3. The number of thioether (sulfide) groups is 1. The second-order valence-corrected chi connectivity index (χ2v) is 7.82. The van der Waals surface area contributed by atoms with Gasteiger partial charge in [-0.2, -0.15) is 9.61 Å². The molecule has 0 aliphatic carbocycles. The summed E-state index contributed by atoms with van der Waals surface area (Å²) in [5.74, 6) is 2.77. The summed E-state index contributed by atoms with van der Waals surface area (Å²) in [4.78, 5) is 12.4. The van der Waals surface area contributed by atoms with Crippen molar-refractivity contribution in [2.45, 2.75) is 11.9 Å². The number of carbonyl (C=O) groups is 1. The van der Waals surface area contributed by atoms with E-state index in [2.05, 4.69) is 20.6 Å². The number of amides is 1. The Kier molecular flexibility index (Phi) is 5.51. The lowest BCUT2D eigenvalue weighted by atomic mass is 10.2. The fraction of sp³-hybridized carbons (Fsp3) is 0.182. The van der Waals surface area contributed by atoms with Crippen LogP contribution in [0.4, 0.5) is 5.69 Å². The summed E-state index contributed by atoms with van der Waals surface area (Å²) in [6, 6.07) is 16.6. The molecule has 2 aromatic carbocycles. The smallest absolute Gasteiger partial charge is 0.234 e. The van der Waals surface area contributed by atoms with Crippen molar-refractivity contribution in [3.8, 4) is 28.6 Å². The summed E-state index contributed by atoms with van der Waals surface area (Å²) in [6.07, 6.45) is 0. The first-order valence-corrected chi connectivity index (χ1v) is 11.0. The summed E-state index contributed by atoms with van der Waals surface area (Å²) < 4.78 is 17.8. The van der Waals surface area contributed by atoms with Crippen LogP contribution in [0.3, 0.4) is 0 Å². The van der Waals surface area contributed by atoms with Gasteiger partial charge in [-0.1, -0.05) is 11.8 Å². The molecule has 162 valence electrons. The number of anilines is 1. The predicted octanol–water partition coefficient (Wildman–Crippen LogP) is 3.65. The van der Waals surface area contributed by atoms with E-state index in [0.29, 0.717) is 40.3 Å². The van der Waals surface area contributed by atoms with Crippen molar-refractivity contribution in [2.24, 2.45) is 0 Å². The fourth-order valence-electron chi connectivity index (χ4n) is 3.21. The highest BCUT2D eigenvalue weighted by molar-refractivity contribution is 7.99. The molecule has 0 fully saturated rings. The number of carbonyl (C=O) groups excluding carboxylic acids is 1. The van der Waals surface area contributed by atoms with E-state index >= 15 is 0 Å². The first kappa shape index (κ1) is 20.1. The van der Waals surface area contributed by atoms with Crippen LogP contribution in [0.15, 0.2) is 59.6 Å². The molecular weight excluding hydrogens is 430 g/mol. The summed E-state index contributed by atoms with van der Waals surface area (Å²) in [5.41, 5.74) is 2.15. The number of rotatable bonds is 7. The van der Waals surface area contributed by atoms with Gasteiger partial charge in [-0.15, -0.1) is 10.2 Å². The van der Waals surface area contributed by atoms with Crippen molar-refractivity contribution < 1.29 is 19.0 Å². The van der Waals surface area contributed by atoms with Gasteiger partial charge in [-0.05, 0) is 55.5 Å². The molecule has 0 saturated carbocycles. The van der Waals surface area contributed by atoms with Crippen LogP contribution in [0, 0.1) is 0 Å². The van der Waals surface area contributed by atoms with Crippen LogP contribution in [0.5, 0.6) is 17.2 Å². The van der Waals surface area contributed by atoms with Crippen molar-refractivity contribution in [2.75, 3.05) is 24.5 Å². The van der Waals surface area contributed by atoms with Crippen molar-refractivity contribution in [1.82, 2.24) is 19.8 Å². The largest absolute Gasteiger partial charge is 0.494 e. The summed E-state index contributed by atoms with van der Waals surface area (Å²) in [5, 5.41) is 16.6. The van der Waals surface area contributed by atoms with Crippen molar-refractivity contribution in [3.05, 3.63) is 54.6 Å².